The number of methoxy groups -OCH3 is 2. The predicted octanol–water partition coefficient (Wildman–Crippen LogP) is 10.6. The summed E-state index contributed by atoms with van der Waals surface area (Å²) in [6, 6.07) is 44.9. The number of esters is 1. The number of amides is 8. The number of carboxylic acids is 2. The highest BCUT2D eigenvalue weighted by Crippen LogP contribution is 2.51. The number of imide groups is 2. The highest BCUT2D eigenvalue weighted by atomic mass is 19.4. The molecule has 3 saturated heterocycles. The minimum atomic E-state index is -5.08. The molecule has 4 N–H and O–H groups in total. The molecule has 5 aromatic carbocycles. The number of carboxylic acid groups (broad SMARTS) is 2. The smallest absolute Gasteiger partial charge is 0.490 e. The number of urea groups is 3. The molecule has 0 unspecified atom stereocenters. The lowest BCUT2D eigenvalue weighted by Crippen LogP contribution is -2.58. The SMILES string of the molecule is CN(C)C1(c2ccccc2)CCC2(CC1)CNC(=O)N2CC(=O)O.COc1ccc(CN2C(=O)N(CC(=O)OC(C)(C)C)C3(CCC(c4ccccc4)(N(C)C)CC3)C2=O)cc1.COc1ccc(CN2C(=O)NC3(CCC(c4ccccc4)(N(C)C)CC3)C2=O)cc1.O=C(O)C(F)(F)F. The van der Waals surface area contributed by atoms with Crippen LogP contribution in [0, 0.1) is 0 Å². The molecule has 25 heteroatoms. The summed E-state index contributed by atoms with van der Waals surface area (Å²) in [6.45, 7) is 5.82. The van der Waals surface area contributed by atoms with E-state index in [-0.39, 0.29) is 72.2 Å². The largest absolute Gasteiger partial charge is 0.497 e. The van der Waals surface area contributed by atoms with E-state index in [0.29, 0.717) is 50.8 Å². The zero-order valence-electron chi connectivity index (χ0n) is 58.4. The Morgan fingerprint density at radius 2 is 0.889 bits per heavy atom. The number of alkyl halides is 3. The van der Waals surface area contributed by atoms with Crippen molar-refractivity contribution in [1.82, 2.24) is 44.9 Å². The van der Waals surface area contributed by atoms with Crippen molar-refractivity contribution >= 4 is 47.8 Å². The molecule has 99 heavy (non-hydrogen) atoms. The summed E-state index contributed by atoms with van der Waals surface area (Å²) in [5.41, 5.74) is 2.04. The first-order chi connectivity index (χ1) is 46.7. The first-order valence-corrected chi connectivity index (χ1v) is 33.2. The lowest BCUT2D eigenvalue weighted by atomic mass is 9.68. The van der Waals surface area contributed by atoms with Gasteiger partial charge in [-0.1, -0.05) is 115 Å². The normalized spacial score (nSPS) is 25.2. The molecular weight excluding hydrogens is 1280 g/mol. The van der Waals surface area contributed by atoms with Gasteiger partial charge in [0.25, 0.3) is 11.8 Å². The number of carbonyl (C=O) groups is 8. The van der Waals surface area contributed by atoms with E-state index in [2.05, 4.69) is 128 Å². The van der Waals surface area contributed by atoms with E-state index in [1.54, 1.807) is 47.1 Å². The molecule has 3 aliphatic carbocycles. The van der Waals surface area contributed by atoms with Gasteiger partial charge in [0.2, 0.25) is 0 Å². The minimum absolute atomic E-state index is 0.0625. The minimum Gasteiger partial charge on any atom is -0.497 e. The van der Waals surface area contributed by atoms with E-state index >= 15 is 0 Å². The first-order valence-electron chi connectivity index (χ1n) is 33.2. The predicted molar refractivity (Wildman–Crippen MR) is 364 cm³/mol. The van der Waals surface area contributed by atoms with E-state index in [4.69, 9.17) is 29.2 Å². The van der Waals surface area contributed by atoms with Gasteiger partial charge in [0, 0.05) is 23.2 Å². The van der Waals surface area contributed by atoms with Crippen molar-refractivity contribution in [2.45, 2.75) is 156 Å². The second-order valence-electron chi connectivity index (χ2n) is 28.0. The second-order valence-corrected chi connectivity index (χ2v) is 28.0. The van der Waals surface area contributed by atoms with Gasteiger partial charge in [-0.2, -0.15) is 13.2 Å². The Kier molecular flexibility index (Phi) is 23.4. The lowest BCUT2D eigenvalue weighted by Gasteiger charge is -2.50. The number of nitrogens with zero attached hydrogens (tertiary/aromatic N) is 7. The molecular formula is C74H94F3N9O13. The highest BCUT2D eigenvalue weighted by molar-refractivity contribution is 6.08. The van der Waals surface area contributed by atoms with E-state index < -0.39 is 46.8 Å². The van der Waals surface area contributed by atoms with Crippen LogP contribution in [-0.4, -0.2) is 197 Å². The molecule has 6 aliphatic rings. The number of hydrogen-bond acceptors (Lipinski definition) is 14. The summed E-state index contributed by atoms with van der Waals surface area (Å²) in [5.74, 6) is -3.14. The van der Waals surface area contributed by atoms with Crippen LogP contribution >= 0.6 is 0 Å². The molecule has 11 rings (SSSR count). The zero-order valence-corrected chi connectivity index (χ0v) is 58.4. The van der Waals surface area contributed by atoms with Gasteiger partial charge in [0.15, 0.2) is 0 Å². The van der Waals surface area contributed by atoms with Gasteiger partial charge in [-0.05, 0) is 192 Å². The number of rotatable bonds is 16. The fourth-order valence-corrected chi connectivity index (χ4v) is 15.1. The van der Waals surface area contributed by atoms with Crippen LogP contribution in [-0.2, 0) is 58.4 Å². The molecule has 0 atom stereocenters. The summed E-state index contributed by atoms with van der Waals surface area (Å²) >= 11 is 0. The average Bonchev–Trinajstić information content (AvgIpc) is 1.64. The third-order valence-electron chi connectivity index (χ3n) is 20.8. The van der Waals surface area contributed by atoms with Crippen molar-refractivity contribution in [3.63, 3.8) is 0 Å². The molecule has 8 amide bonds. The Bertz CT molecular complexity index is 3640. The Hall–Kier alpha value is -9.07. The molecule has 3 aliphatic heterocycles. The van der Waals surface area contributed by atoms with Gasteiger partial charge in [0.05, 0.1) is 32.8 Å². The topological polar surface area (TPSA) is 251 Å². The molecule has 5 aromatic rings. The van der Waals surface area contributed by atoms with Crippen LogP contribution in [0.4, 0.5) is 27.6 Å². The summed E-state index contributed by atoms with van der Waals surface area (Å²) in [4.78, 5) is 111. The number of ether oxygens (including phenoxy) is 3. The fraction of sp³-hybridized carbons (Fsp3) is 0.486. The lowest BCUT2D eigenvalue weighted by molar-refractivity contribution is -0.192. The third kappa shape index (κ3) is 16.3. The Morgan fingerprint density at radius 1 is 0.505 bits per heavy atom. The molecule has 3 heterocycles. The van der Waals surface area contributed by atoms with Gasteiger partial charge >= 0.3 is 42.2 Å². The van der Waals surface area contributed by atoms with E-state index in [1.807, 2.05) is 66.7 Å². The maximum Gasteiger partial charge on any atom is 0.490 e. The summed E-state index contributed by atoms with van der Waals surface area (Å²) in [7, 11) is 15.7. The number of hydrogen-bond donors (Lipinski definition) is 4. The molecule has 0 aromatic heterocycles. The van der Waals surface area contributed by atoms with Crippen LogP contribution in [0.25, 0.3) is 0 Å². The van der Waals surface area contributed by atoms with Crippen LogP contribution in [0.3, 0.4) is 0 Å². The number of carbonyl (C=O) groups excluding carboxylic acids is 6. The Morgan fingerprint density at radius 3 is 1.25 bits per heavy atom. The van der Waals surface area contributed by atoms with Gasteiger partial charge in [0.1, 0.15) is 41.3 Å². The molecule has 3 spiro atoms. The molecule has 3 saturated carbocycles. The van der Waals surface area contributed by atoms with Gasteiger partial charge in [-0.25, -0.2) is 19.2 Å². The number of halogens is 3. The molecule has 534 valence electrons. The van der Waals surface area contributed by atoms with Gasteiger partial charge < -0.3 is 40.0 Å². The zero-order chi connectivity index (χ0) is 72.5. The third-order valence-corrected chi connectivity index (χ3v) is 20.8. The van der Waals surface area contributed by atoms with Gasteiger partial charge in [-0.15, -0.1) is 0 Å². The van der Waals surface area contributed by atoms with Crippen LogP contribution in [0.5, 0.6) is 11.5 Å². The van der Waals surface area contributed by atoms with E-state index in [1.165, 1.54) is 36.3 Å². The number of benzene rings is 5. The van der Waals surface area contributed by atoms with Crippen LogP contribution < -0.4 is 20.1 Å². The molecule has 0 bridgehead atoms. The Balaban J connectivity index is 0.000000184. The summed E-state index contributed by atoms with van der Waals surface area (Å²) in [6.07, 6.45) is 3.43. The fourth-order valence-electron chi connectivity index (χ4n) is 15.1. The molecule has 0 radical (unpaired) electrons. The van der Waals surface area contributed by atoms with Crippen molar-refractivity contribution in [3.05, 3.63) is 167 Å². The quantitative estimate of drug-likeness (QED) is 0.0529. The monoisotopic (exact) mass is 1370 g/mol. The standard InChI is InChI=1S/C30H39N3O5.C24H29N3O3.C18H25N3O3.C2HF3O2/c1-28(2,3)38-25(34)21-33-27(36)32(20-22-12-14-24(37-6)15-13-22)26(35)30(33)18-16-29(17-19-30,31(4)5)23-10-8-7-9-11-23;1-26(2)24(19-7-5-4-6-8-19)15-13-23(14-16-24)21(28)27(22(29)25-23)17-18-9-11-20(30-3)12-10-18;1-20(2)18(14-6-4-3-5-7-14)10-8-17(9-11-18)13-19-16(24)21(17)12-15(22)23;3-2(4,5)1(6)7/h7-15H,16-21H2,1-6H3;4-12H,13-17H2,1-3H3,(H,25,29);3-7H,8-13H2,1-2H3,(H,19,24)(H,22,23);(H,6,7). The Labute approximate surface area is 577 Å². The average molecular weight is 1370 g/mol. The maximum absolute atomic E-state index is 14.1. The summed E-state index contributed by atoms with van der Waals surface area (Å²) in [5, 5.41) is 22.1. The van der Waals surface area contributed by atoms with Crippen molar-refractivity contribution < 1.29 is 76.0 Å². The molecule has 6 fully saturated rings. The van der Waals surface area contributed by atoms with Crippen molar-refractivity contribution in [1.29, 1.82) is 0 Å². The van der Waals surface area contributed by atoms with Crippen LogP contribution in [0.15, 0.2) is 140 Å². The van der Waals surface area contributed by atoms with E-state index in [0.717, 1.165) is 55.4 Å². The van der Waals surface area contributed by atoms with Gasteiger partial charge in [-0.3, -0.25) is 48.6 Å². The van der Waals surface area contributed by atoms with Crippen molar-refractivity contribution in [2.24, 2.45) is 0 Å². The highest BCUT2D eigenvalue weighted by Gasteiger charge is 2.62. The van der Waals surface area contributed by atoms with Crippen molar-refractivity contribution in [3.8, 4) is 11.5 Å². The second kappa shape index (κ2) is 30.6. The van der Waals surface area contributed by atoms with Crippen LogP contribution in [0.1, 0.15) is 126 Å². The van der Waals surface area contributed by atoms with Crippen LogP contribution in [0.2, 0.25) is 0 Å². The first kappa shape index (κ1) is 75.7. The number of aliphatic carboxylic acids is 2. The van der Waals surface area contributed by atoms with E-state index in [9.17, 15) is 46.7 Å². The maximum atomic E-state index is 14.1. The van der Waals surface area contributed by atoms with Crippen molar-refractivity contribution in [2.75, 3.05) is 76.1 Å². The summed E-state index contributed by atoms with van der Waals surface area (Å²) < 4.78 is 47.7. The number of nitrogens with one attached hydrogen (secondary N) is 2. The molecule has 22 nitrogen and oxygen atoms in total.